The molecule has 20 heavy (non-hydrogen) atoms. The van der Waals surface area contributed by atoms with E-state index >= 15 is 0 Å². The van der Waals surface area contributed by atoms with Crippen LogP contribution in [0.1, 0.15) is 20.8 Å². The van der Waals surface area contributed by atoms with Gasteiger partial charge in [0, 0.05) is 7.05 Å². The van der Waals surface area contributed by atoms with E-state index in [0.717, 1.165) is 10.8 Å². The van der Waals surface area contributed by atoms with Crippen molar-refractivity contribution < 1.29 is 14.5 Å². The largest absolute Gasteiger partial charge is 0.459 e. The lowest BCUT2D eigenvalue weighted by Gasteiger charge is -2.19. The molecule has 1 aromatic rings. The van der Waals surface area contributed by atoms with E-state index in [2.05, 4.69) is 0 Å². The Morgan fingerprint density at radius 2 is 1.95 bits per heavy atom. The summed E-state index contributed by atoms with van der Waals surface area (Å²) in [6.45, 7) is 4.20. The molecule has 0 spiro atoms. The summed E-state index contributed by atoms with van der Waals surface area (Å²) in [7, 11) is 1.25. The zero-order valence-electron chi connectivity index (χ0n) is 11.6. The summed E-state index contributed by atoms with van der Waals surface area (Å²) < 4.78 is 6.32. The van der Waals surface area contributed by atoms with E-state index in [4.69, 9.17) is 4.74 Å². The Morgan fingerprint density at radius 3 is 2.40 bits per heavy atom. The molecule has 0 fully saturated rings. The van der Waals surface area contributed by atoms with Crippen molar-refractivity contribution in [1.29, 1.82) is 0 Å². The van der Waals surface area contributed by atoms with Crippen molar-refractivity contribution in [2.75, 3.05) is 0 Å². The lowest BCUT2D eigenvalue weighted by atomic mass is 10.2. The maximum Gasteiger partial charge on any atom is 0.350 e. The number of nitrogens with zero attached hydrogens (tertiary/aromatic N) is 3. The number of carbonyl (C=O) groups is 1. The smallest absolute Gasteiger partial charge is 0.350 e. The number of nitro groups is 1. The molecule has 0 aliphatic carbocycles. The van der Waals surface area contributed by atoms with Crippen LogP contribution in [0.3, 0.4) is 0 Å². The Bertz CT molecular complexity index is 664. The molecule has 1 aromatic heterocycles. The third-order valence-electron chi connectivity index (χ3n) is 2.22. The van der Waals surface area contributed by atoms with E-state index in [-0.39, 0.29) is 0 Å². The fourth-order valence-electron chi connectivity index (χ4n) is 1.48. The Kier molecular flexibility index (Phi) is 4.11. The average molecular weight is 285 g/mol. The summed E-state index contributed by atoms with van der Waals surface area (Å²) in [6, 6.07) is 0. The van der Waals surface area contributed by atoms with Crippen LogP contribution in [0.25, 0.3) is 0 Å². The molecule has 0 aliphatic heterocycles. The van der Waals surface area contributed by atoms with Crippen LogP contribution in [0.5, 0.6) is 0 Å². The van der Waals surface area contributed by atoms with Crippen molar-refractivity contribution in [3.63, 3.8) is 0 Å². The molecule has 0 bridgehead atoms. The lowest BCUT2D eigenvalue weighted by Crippen LogP contribution is -2.42. The molecule has 0 aromatic carbocycles. The molecule has 0 amide bonds. The lowest BCUT2D eigenvalue weighted by molar-refractivity contribution is -0.387. The van der Waals surface area contributed by atoms with E-state index in [9.17, 15) is 24.5 Å². The van der Waals surface area contributed by atoms with Gasteiger partial charge in [-0.3, -0.25) is 24.3 Å². The van der Waals surface area contributed by atoms with E-state index in [1.54, 1.807) is 20.8 Å². The molecule has 0 unspecified atom stereocenters. The van der Waals surface area contributed by atoms with Gasteiger partial charge >= 0.3 is 22.9 Å². The monoisotopic (exact) mass is 285 g/mol. The van der Waals surface area contributed by atoms with Crippen LogP contribution >= 0.6 is 0 Å². The minimum absolute atomic E-state index is 0.478. The molecule has 0 saturated carbocycles. The quantitative estimate of drug-likeness (QED) is 0.431. The fraction of sp³-hybridized carbons (Fsp3) is 0.545. The topological polar surface area (TPSA) is 113 Å². The summed E-state index contributed by atoms with van der Waals surface area (Å²) in [5, 5.41) is 10.7. The molecular formula is C11H15N3O6. The molecular weight excluding hydrogens is 270 g/mol. The van der Waals surface area contributed by atoms with Crippen LogP contribution in [0.15, 0.2) is 15.8 Å². The number of aromatic nitrogens is 2. The van der Waals surface area contributed by atoms with Crippen LogP contribution < -0.4 is 11.2 Å². The highest BCUT2D eigenvalue weighted by atomic mass is 16.6. The number of carbonyl (C=O) groups excluding carboxylic acids is 1. The average Bonchev–Trinajstić information content (AvgIpc) is 2.26. The van der Waals surface area contributed by atoms with Gasteiger partial charge in [-0.15, -0.1) is 0 Å². The summed E-state index contributed by atoms with van der Waals surface area (Å²) >= 11 is 0. The van der Waals surface area contributed by atoms with Crippen molar-refractivity contribution in [2.24, 2.45) is 7.05 Å². The summed E-state index contributed by atoms with van der Waals surface area (Å²) in [6.07, 6.45) is 0.816. The molecule has 9 heteroatoms. The van der Waals surface area contributed by atoms with Gasteiger partial charge in [0.1, 0.15) is 12.1 Å². The van der Waals surface area contributed by atoms with E-state index < -0.39 is 40.0 Å². The molecule has 0 saturated heterocycles. The standard InChI is InChI=1S/C11H15N3O6/c1-11(2,3)20-8(15)6-13-9(16)7(14(18)19)5-12(4)10(13)17/h5H,6H2,1-4H3. The number of hydrogen-bond acceptors (Lipinski definition) is 6. The molecule has 0 atom stereocenters. The van der Waals surface area contributed by atoms with Crippen molar-refractivity contribution in [2.45, 2.75) is 32.9 Å². The second-order valence-corrected chi connectivity index (χ2v) is 5.14. The number of esters is 1. The number of hydrogen-bond donors (Lipinski definition) is 0. The Balaban J connectivity index is 3.26. The van der Waals surface area contributed by atoms with Crippen molar-refractivity contribution in [1.82, 2.24) is 9.13 Å². The van der Waals surface area contributed by atoms with Crippen LogP contribution in [0.4, 0.5) is 5.69 Å². The van der Waals surface area contributed by atoms with E-state index in [1.807, 2.05) is 0 Å². The van der Waals surface area contributed by atoms with Gasteiger partial charge in [-0.1, -0.05) is 0 Å². The molecule has 0 radical (unpaired) electrons. The van der Waals surface area contributed by atoms with Crippen LogP contribution in [0.2, 0.25) is 0 Å². The maximum absolute atomic E-state index is 11.8. The second kappa shape index (κ2) is 5.27. The minimum Gasteiger partial charge on any atom is -0.459 e. The first-order valence-electron chi connectivity index (χ1n) is 5.69. The van der Waals surface area contributed by atoms with Crippen molar-refractivity contribution >= 4 is 11.7 Å². The van der Waals surface area contributed by atoms with Crippen LogP contribution in [-0.2, 0) is 23.1 Å². The van der Waals surface area contributed by atoms with Crippen LogP contribution in [0, 0.1) is 10.1 Å². The highest BCUT2D eigenvalue weighted by molar-refractivity contribution is 5.69. The SMILES string of the molecule is Cn1cc([N+](=O)[O-])c(=O)n(CC(=O)OC(C)(C)C)c1=O. The van der Waals surface area contributed by atoms with E-state index in [1.165, 1.54) is 7.05 Å². The first kappa shape index (κ1) is 15.6. The van der Waals surface area contributed by atoms with Gasteiger partial charge in [0.25, 0.3) is 0 Å². The predicted molar refractivity (Wildman–Crippen MR) is 68.4 cm³/mol. The third kappa shape index (κ3) is 3.53. The summed E-state index contributed by atoms with van der Waals surface area (Å²) in [4.78, 5) is 45.0. The van der Waals surface area contributed by atoms with Gasteiger partial charge in [-0.05, 0) is 20.8 Å². The van der Waals surface area contributed by atoms with Gasteiger partial charge in [-0.2, -0.15) is 0 Å². The van der Waals surface area contributed by atoms with Gasteiger partial charge in [0.15, 0.2) is 0 Å². The highest BCUT2D eigenvalue weighted by Crippen LogP contribution is 2.07. The van der Waals surface area contributed by atoms with Crippen molar-refractivity contribution in [3.05, 3.63) is 37.1 Å². The normalized spacial score (nSPS) is 11.2. The number of rotatable bonds is 3. The number of ether oxygens (including phenoxy) is 1. The zero-order chi connectivity index (χ0) is 15.7. The summed E-state index contributed by atoms with van der Waals surface area (Å²) in [5.74, 6) is -0.822. The third-order valence-corrected chi connectivity index (χ3v) is 2.22. The Labute approximate surface area is 113 Å². The number of aryl methyl sites for hydroxylation is 1. The fourth-order valence-corrected chi connectivity index (χ4v) is 1.48. The van der Waals surface area contributed by atoms with E-state index in [0.29, 0.717) is 4.57 Å². The zero-order valence-corrected chi connectivity index (χ0v) is 11.6. The highest BCUT2D eigenvalue weighted by Gasteiger charge is 2.22. The Hall–Kier alpha value is -2.45. The van der Waals surface area contributed by atoms with Gasteiger partial charge in [-0.25, -0.2) is 9.36 Å². The summed E-state index contributed by atoms with van der Waals surface area (Å²) in [5.41, 5.74) is -3.53. The molecule has 110 valence electrons. The molecule has 1 rings (SSSR count). The minimum atomic E-state index is -1.14. The van der Waals surface area contributed by atoms with Gasteiger partial charge < -0.3 is 4.74 Å². The van der Waals surface area contributed by atoms with Gasteiger partial charge in [0.05, 0.1) is 11.1 Å². The molecule has 0 N–H and O–H groups in total. The van der Waals surface area contributed by atoms with Gasteiger partial charge in [0.2, 0.25) is 0 Å². The first-order valence-corrected chi connectivity index (χ1v) is 5.69. The van der Waals surface area contributed by atoms with Crippen molar-refractivity contribution in [3.8, 4) is 0 Å². The first-order chi connectivity index (χ1) is 9.03. The second-order valence-electron chi connectivity index (χ2n) is 5.14. The molecule has 0 aliphatic rings. The van der Waals surface area contributed by atoms with Crippen LogP contribution in [-0.4, -0.2) is 25.6 Å². The molecule has 9 nitrogen and oxygen atoms in total. The maximum atomic E-state index is 11.8. The predicted octanol–water partition coefficient (Wildman–Crippen LogP) is -0.203. The molecule has 1 heterocycles. The Morgan fingerprint density at radius 1 is 1.40 bits per heavy atom.